The van der Waals surface area contributed by atoms with Crippen molar-refractivity contribution >= 4 is 26.8 Å². The Bertz CT molecular complexity index is 440. The third-order valence-corrected chi connectivity index (χ3v) is 2.40. The number of aromatic nitrogens is 1. The normalized spacial score (nSPS) is 10.6. The summed E-state index contributed by atoms with van der Waals surface area (Å²) in [6.07, 6.45) is 0. The lowest BCUT2D eigenvalue weighted by Crippen LogP contribution is -1.98. The van der Waals surface area contributed by atoms with Gasteiger partial charge in [0.2, 0.25) is 0 Å². The van der Waals surface area contributed by atoms with Crippen LogP contribution in [-0.2, 0) is 6.54 Å². The molecule has 0 fully saturated rings. The summed E-state index contributed by atoms with van der Waals surface area (Å²) in [6.45, 7) is 0.543. The molecule has 0 spiro atoms. The fraction of sp³-hybridized carbons (Fsp3) is 0.100. The summed E-state index contributed by atoms with van der Waals surface area (Å²) in [5, 5.41) is 1.13. The lowest BCUT2D eigenvalue weighted by molar-refractivity contribution is 1.07. The molecular weight excluding hydrogens is 228 g/mol. The first kappa shape index (κ1) is 8.66. The summed E-state index contributed by atoms with van der Waals surface area (Å²) < 4.78 is 0.839. The topological polar surface area (TPSA) is 38.9 Å². The molecule has 0 aliphatic carbocycles. The second-order valence-electron chi connectivity index (χ2n) is 2.83. The number of pyridine rings is 1. The van der Waals surface area contributed by atoms with Gasteiger partial charge >= 0.3 is 0 Å². The molecule has 0 aliphatic heterocycles. The summed E-state index contributed by atoms with van der Waals surface area (Å²) in [4.78, 5) is 4.35. The second-order valence-corrected chi connectivity index (χ2v) is 3.64. The van der Waals surface area contributed by atoms with E-state index in [1.165, 1.54) is 0 Å². The smallest absolute Gasteiger partial charge is 0.107 e. The first-order chi connectivity index (χ1) is 6.31. The summed E-state index contributed by atoms with van der Waals surface area (Å²) in [5.74, 6) is 0. The van der Waals surface area contributed by atoms with Gasteiger partial charge in [-0.1, -0.05) is 18.2 Å². The standard InChI is InChI=1S/C10H9BrN2/c11-10-5-7(6-12)8-3-1-2-4-9(8)13-10/h1-5H,6,12H2. The molecule has 1 heterocycles. The molecule has 2 nitrogen and oxygen atoms in total. The Morgan fingerprint density at radius 3 is 2.85 bits per heavy atom. The fourth-order valence-corrected chi connectivity index (χ4v) is 1.85. The molecule has 0 saturated heterocycles. The Morgan fingerprint density at radius 2 is 2.08 bits per heavy atom. The Labute approximate surface area is 84.9 Å². The van der Waals surface area contributed by atoms with Gasteiger partial charge in [0.25, 0.3) is 0 Å². The Balaban J connectivity index is 2.81. The zero-order chi connectivity index (χ0) is 9.26. The predicted octanol–water partition coefficient (Wildman–Crippen LogP) is 2.46. The molecule has 3 heteroatoms. The second kappa shape index (κ2) is 3.44. The maximum Gasteiger partial charge on any atom is 0.107 e. The molecular formula is C10H9BrN2. The molecule has 0 bridgehead atoms. The number of halogens is 1. The summed E-state index contributed by atoms with van der Waals surface area (Å²) >= 11 is 3.36. The maximum absolute atomic E-state index is 5.64. The molecule has 2 rings (SSSR count). The number of nitrogens with zero attached hydrogens (tertiary/aromatic N) is 1. The van der Waals surface area contributed by atoms with E-state index in [9.17, 15) is 0 Å². The van der Waals surface area contributed by atoms with E-state index in [0.717, 1.165) is 21.1 Å². The number of hydrogen-bond donors (Lipinski definition) is 1. The Hall–Kier alpha value is -0.930. The van der Waals surface area contributed by atoms with E-state index in [2.05, 4.69) is 20.9 Å². The highest BCUT2D eigenvalue weighted by Gasteiger charge is 2.01. The van der Waals surface area contributed by atoms with Gasteiger partial charge in [0.1, 0.15) is 4.60 Å². The maximum atomic E-state index is 5.64. The van der Waals surface area contributed by atoms with Gasteiger partial charge in [-0.3, -0.25) is 0 Å². The van der Waals surface area contributed by atoms with Crippen molar-refractivity contribution in [2.45, 2.75) is 6.54 Å². The Morgan fingerprint density at radius 1 is 1.31 bits per heavy atom. The van der Waals surface area contributed by atoms with Crippen LogP contribution in [0.5, 0.6) is 0 Å². The number of nitrogens with two attached hydrogens (primary N) is 1. The average molecular weight is 237 g/mol. The molecule has 66 valence electrons. The van der Waals surface area contributed by atoms with Crippen LogP contribution in [0.2, 0.25) is 0 Å². The van der Waals surface area contributed by atoms with Gasteiger partial charge in [-0.15, -0.1) is 0 Å². The van der Waals surface area contributed by atoms with Crippen molar-refractivity contribution in [1.29, 1.82) is 0 Å². The SMILES string of the molecule is NCc1cc(Br)nc2ccccc12. The molecule has 0 aliphatic rings. The van der Waals surface area contributed by atoms with Crippen molar-refractivity contribution in [3.05, 3.63) is 40.5 Å². The average Bonchev–Trinajstić information content (AvgIpc) is 2.16. The molecule has 2 N–H and O–H groups in total. The van der Waals surface area contributed by atoms with E-state index in [1.54, 1.807) is 0 Å². The van der Waals surface area contributed by atoms with E-state index in [1.807, 2.05) is 30.3 Å². The molecule has 0 atom stereocenters. The van der Waals surface area contributed by atoms with E-state index in [4.69, 9.17) is 5.73 Å². The minimum atomic E-state index is 0.543. The van der Waals surface area contributed by atoms with Gasteiger partial charge in [0, 0.05) is 11.9 Å². The zero-order valence-electron chi connectivity index (χ0n) is 7.00. The summed E-state index contributed by atoms with van der Waals surface area (Å²) in [7, 11) is 0. The highest BCUT2D eigenvalue weighted by molar-refractivity contribution is 9.10. The molecule has 0 amide bonds. The molecule has 1 aromatic carbocycles. The summed E-state index contributed by atoms with van der Waals surface area (Å²) in [6, 6.07) is 9.96. The number of benzene rings is 1. The van der Waals surface area contributed by atoms with Crippen LogP contribution in [0.3, 0.4) is 0 Å². The Kier molecular flexibility index (Phi) is 2.29. The van der Waals surface area contributed by atoms with Crippen LogP contribution >= 0.6 is 15.9 Å². The molecule has 2 aromatic rings. The van der Waals surface area contributed by atoms with E-state index >= 15 is 0 Å². The third kappa shape index (κ3) is 1.57. The van der Waals surface area contributed by atoms with Crippen molar-refractivity contribution < 1.29 is 0 Å². The van der Waals surface area contributed by atoms with Gasteiger partial charge in [-0.05, 0) is 33.6 Å². The van der Waals surface area contributed by atoms with E-state index in [-0.39, 0.29) is 0 Å². The molecule has 1 aromatic heterocycles. The number of hydrogen-bond acceptors (Lipinski definition) is 2. The molecule has 13 heavy (non-hydrogen) atoms. The molecule has 0 radical (unpaired) electrons. The monoisotopic (exact) mass is 236 g/mol. The van der Waals surface area contributed by atoms with Crippen molar-refractivity contribution in [2.75, 3.05) is 0 Å². The quantitative estimate of drug-likeness (QED) is 0.773. The minimum Gasteiger partial charge on any atom is -0.326 e. The fourth-order valence-electron chi connectivity index (χ4n) is 1.38. The first-order valence-corrected chi connectivity index (χ1v) is 4.85. The largest absolute Gasteiger partial charge is 0.326 e. The van der Waals surface area contributed by atoms with Crippen molar-refractivity contribution in [3.63, 3.8) is 0 Å². The van der Waals surface area contributed by atoms with Gasteiger partial charge < -0.3 is 5.73 Å². The predicted molar refractivity (Wildman–Crippen MR) is 57.3 cm³/mol. The molecule has 0 unspecified atom stereocenters. The summed E-state index contributed by atoms with van der Waals surface area (Å²) in [5.41, 5.74) is 7.74. The van der Waals surface area contributed by atoms with Crippen LogP contribution in [-0.4, -0.2) is 4.98 Å². The number of rotatable bonds is 1. The van der Waals surface area contributed by atoms with Gasteiger partial charge in [0.15, 0.2) is 0 Å². The third-order valence-electron chi connectivity index (χ3n) is 1.99. The molecule has 0 saturated carbocycles. The number of fused-ring (bicyclic) bond motifs is 1. The highest BCUT2D eigenvalue weighted by atomic mass is 79.9. The van der Waals surface area contributed by atoms with Crippen molar-refractivity contribution in [3.8, 4) is 0 Å². The van der Waals surface area contributed by atoms with E-state index < -0.39 is 0 Å². The van der Waals surface area contributed by atoms with Crippen LogP contribution < -0.4 is 5.73 Å². The van der Waals surface area contributed by atoms with Crippen molar-refractivity contribution in [1.82, 2.24) is 4.98 Å². The highest BCUT2D eigenvalue weighted by Crippen LogP contribution is 2.20. The lowest BCUT2D eigenvalue weighted by atomic mass is 10.1. The van der Waals surface area contributed by atoms with Crippen molar-refractivity contribution in [2.24, 2.45) is 5.73 Å². The van der Waals surface area contributed by atoms with E-state index in [0.29, 0.717) is 6.54 Å². The van der Waals surface area contributed by atoms with Crippen LogP contribution in [0.15, 0.2) is 34.9 Å². The van der Waals surface area contributed by atoms with Crippen LogP contribution in [0.25, 0.3) is 10.9 Å². The minimum absolute atomic E-state index is 0.543. The van der Waals surface area contributed by atoms with Crippen LogP contribution in [0.4, 0.5) is 0 Å². The van der Waals surface area contributed by atoms with Gasteiger partial charge in [0.05, 0.1) is 5.52 Å². The van der Waals surface area contributed by atoms with Crippen LogP contribution in [0.1, 0.15) is 5.56 Å². The lowest BCUT2D eigenvalue weighted by Gasteiger charge is -2.03. The first-order valence-electron chi connectivity index (χ1n) is 4.05. The number of para-hydroxylation sites is 1. The van der Waals surface area contributed by atoms with Crippen LogP contribution in [0, 0.1) is 0 Å². The van der Waals surface area contributed by atoms with Gasteiger partial charge in [-0.2, -0.15) is 0 Å². The van der Waals surface area contributed by atoms with Gasteiger partial charge in [-0.25, -0.2) is 4.98 Å². The zero-order valence-corrected chi connectivity index (χ0v) is 8.58.